The van der Waals surface area contributed by atoms with Gasteiger partial charge in [0.25, 0.3) is 5.91 Å². The number of para-hydroxylation sites is 1. The predicted octanol–water partition coefficient (Wildman–Crippen LogP) is 4.09. The maximum atomic E-state index is 14.7. The number of thiophene rings is 1. The zero-order chi connectivity index (χ0) is 23.9. The SMILES string of the molecule is CCOc1ccc(-c2nnc(SCC(=O)NNC(=O)c3cccs3)n2-c2ccccc2F)cc1. The highest BCUT2D eigenvalue weighted by atomic mass is 32.2. The molecule has 34 heavy (non-hydrogen) atoms. The summed E-state index contributed by atoms with van der Waals surface area (Å²) in [6.07, 6.45) is 0. The molecule has 0 spiro atoms. The number of hydrogen-bond acceptors (Lipinski definition) is 7. The first kappa shape index (κ1) is 23.5. The third-order valence-corrected chi connectivity index (χ3v) is 6.34. The second-order valence-electron chi connectivity index (χ2n) is 6.82. The number of hydrazine groups is 1. The van der Waals surface area contributed by atoms with E-state index in [1.54, 1.807) is 52.4 Å². The molecule has 4 rings (SSSR count). The molecular weight excluding hydrogens is 477 g/mol. The summed E-state index contributed by atoms with van der Waals surface area (Å²) in [5.74, 6) is -0.244. The topological polar surface area (TPSA) is 98.1 Å². The molecule has 0 saturated carbocycles. The van der Waals surface area contributed by atoms with Gasteiger partial charge in [0.1, 0.15) is 11.6 Å². The highest BCUT2D eigenvalue weighted by molar-refractivity contribution is 7.99. The number of thioether (sulfide) groups is 1. The molecular formula is C23H20FN5O3S2. The smallest absolute Gasteiger partial charge is 0.279 e. The number of ether oxygens (including phenoxy) is 1. The minimum atomic E-state index is -0.455. The number of amides is 2. The fourth-order valence-electron chi connectivity index (χ4n) is 3.03. The van der Waals surface area contributed by atoms with Crippen LogP contribution in [0.15, 0.2) is 71.2 Å². The summed E-state index contributed by atoms with van der Waals surface area (Å²) in [4.78, 5) is 24.8. The van der Waals surface area contributed by atoms with E-state index in [4.69, 9.17) is 4.74 Å². The quantitative estimate of drug-likeness (QED) is 0.281. The van der Waals surface area contributed by atoms with Crippen LogP contribution in [0.2, 0.25) is 0 Å². The third kappa shape index (κ3) is 5.43. The first-order chi connectivity index (χ1) is 16.6. The first-order valence-corrected chi connectivity index (χ1v) is 12.1. The average Bonchev–Trinajstić information content (AvgIpc) is 3.53. The summed E-state index contributed by atoms with van der Waals surface area (Å²) in [5.41, 5.74) is 5.70. The summed E-state index contributed by atoms with van der Waals surface area (Å²) in [7, 11) is 0. The van der Waals surface area contributed by atoms with Gasteiger partial charge in [-0.15, -0.1) is 21.5 Å². The van der Waals surface area contributed by atoms with Gasteiger partial charge >= 0.3 is 0 Å². The Morgan fingerprint density at radius 3 is 2.56 bits per heavy atom. The lowest BCUT2D eigenvalue weighted by molar-refractivity contribution is -0.119. The van der Waals surface area contributed by atoms with Crippen molar-refractivity contribution < 1.29 is 18.7 Å². The lowest BCUT2D eigenvalue weighted by Crippen LogP contribution is -2.42. The number of nitrogens with one attached hydrogen (secondary N) is 2. The maximum Gasteiger partial charge on any atom is 0.279 e. The first-order valence-electron chi connectivity index (χ1n) is 10.3. The van der Waals surface area contributed by atoms with Crippen LogP contribution in [0.1, 0.15) is 16.6 Å². The van der Waals surface area contributed by atoms with Crippen molar-refractivity contribution in [1.82, 2.24) is 25.6 Å². The van der Waals surface area contributed by atoms with Crippen LogP contribution in [0.25, 0.3) is 17.1 Å². The number of hydrogen-bond donors (Lipinski definition) is 2. The Balaban J connectivity index is 1.53. The number of benzene rings is 2. The van der Waals surface area contributed by atoms with Crippen LogP contribution in [0.3, 0.4) is 0 Å². The highest BCUT2D eigenvalue weighted by Crippen LogP contribution is 2.30. The number of carbonyl (C=O) groups is 2. The van der Waals surface area contributed by atoms with E-state index in [0.29, 0.717) is 33.8 Å². The van der Waals surface area contributed by atoms with Crippen LogP contribution >= 0.6 is 23.1 Å². The molecule has 2 amide bonds. The Morgan fingerprint density at radius 2 is 1.85 bits per heavy atom. The standard InChI is InChI=1S/C23H20FN5O3S2/c1-2-32-16-11-9-15(10-12-16)21-26-28-23(29(21)18-7-4-3-6-17(18)24)34-14-20(30)25-27-22(31)19-8-5-13-33-19/h3-13H,2,14H2,1H3,(H,25,30)(H,27,31). The molecule has 0 fully saturated rings. The molecule has 2 N–H and O–H groups in total. The molecule has 2 aromatic heterocycles. The lowest BCUT2D eigenvalue weighted by atomic mass is 10.2. The normalized spacial score (nSPS) is 10.6. The van der Waals surface area contributed by atoms with E-state index >= 15 is 0 Å². The Labute approximate surface area is 203 Å². The molecule has 0 aliphatic carbocycles. The molecule has 0 aliphatic heterocycles. The van der Waals surface area contributed by atoms with Gasteiger partial charge < -0.3 is 4.74 Å². The summed E-state index contributed by atoms with van der Waals surface area (Å²) in [6, 6.07) is 16.9. The molecule has 0 aliphatic rings. The second kappa shape index (κ2) is 10.9. The maximum absolute atomic E-state index is 14.7. The van der Waals surface area contributed by atoms with E-state index in [2.05, 4.69) is 21.0 Å². The van der Waals surface area contributed by atoms with Gasteiger partial charge in [0.2, 0.25) is 5.91 Å². The van der Waals surface area contributed by atoms with E-state index in [1.165, 1.54) is 17.4 Å². The predicted molar refractivity (Wildman–Crippen MR) is 129 cm³/mol. The molecule has 8 nitrogen and oxygen atoms in total. The summed E-state index contributed by atoms with van der Waals surface area (Å²) < 4.78 is 21.8. The number of carbonyl (C=O) groups excluding carboxylic acids is 2. The van der Waals surface area contributed by atoms with Crippen LogP contribution in [-0.2, 0) is 4.79 Å². The largest absolute Gasteiger partial charge is 0.494 e. The molecule has 0 unspecified atom stereocenters. The van der Waals surface area contributed by atoms with Crippen molar-refractivity contribution in [1.29, 1.82) is 0 Å². The molecule has 2 aromatic carbocycles. The van der Waals surface area contributed by atoms with Gasteiger partial charge in [-0.2, -0.15) is 0 Å². The zero-order valence-corrected chi connectivity index (χ0v) is 19.7. The molecule has 0 radical (unpaired) electrons. The zero-order valence-electron chi connectivity index (χ0n) is 18.0. The van der Waals surface area contributed by atoms with Crippen molar-refractivity contribution in [2.75, 3.05) is 12.4 Å². The summed E-state index contributed by atoms with van der Waals surface area (Å²) >= 11 is 2.34. The molecule has 0 saturated heterocycles. The van der Waals surface area contributed by atoms with E-state index < -0.39 is 17.6 Å². The number of nitrogens with zero attached hydrogens (tertiary/aromatic N) is 3. The molecule has 2 heterocycles. The average molecular weight is 498 g/mol. The van der Waals surface area contributed by atoms with Crippen molar-refractivity contribution in [3.63, 3.8) is 0 Å². The molecule has 11 heteroatoms. The molecule has 0 atom stereocenters. The Bertz CT molecular complexity index is 1280. The van der Waals surface area contributed by atoms with Gasteiger partial charge in [0, 0.05) is 5.56 Å². The minimum absolute atomic E-state index is 0.0689. The van der Waals surface area contributed by atoms with Crippen LogP contribution in [0.5, 0.6) is 5.75 Å². The monoisotopic (exact) mass is 497 g/mol. The van der Waals surface area contributed by atoms with E-state index in [0.717, 1.165) is 11.8 Å². The van der Waals surface area contributed by atoms with Crippen molar-refractivity contribution in [3.8, 4) is 22.8 Å². The molecule has 4 aromatic rings. The van der Waals surface area contributed by atoms with Crippen LogP contribution in [0, 0.1) is 5.82 Å². The van der Waals surface area contributed by atoms with Gasteiger partial charge in [-0.05, 0) is 54.8 Å². The van der Waals surface area contributed by atoms with Gasteiger partial charge in [-0.25, -0.2) is 4.39 Å². The second-order valence-corrected chi connectivity index (χ2v) is 8.71. The van der Waals surface area contributed by atoms with Crippen LogP contribution in [-0.4, -0.2) is 38.9 Å². The van der Waals surface area contributed by atoms with Crippen molar-refractivity contribution >= 4 is 34.9 Å². The highest BCUT2D eigenvalue weighted by Gasteiger charge is 2.20. The Kier molecular flexibility index (Phi) is 7.55. The third-order valence-electron chi connectivity index (χ3n) is 4.54. The van der Waals surface area contributed by atoms with E-state index in [-0.39, 0.29) is 11.4 Å². The lowest BCUT2D eigenvalue weighted by Gasteiger charge is -2.12. The summed E-state index contributed by atoms with van der Waals surface area (Å²) in [5, 5.41) is 10.5. The number of aromatic nitrogens is 3. The Hall–Kier alpha value is -3.70. The fourth-order valence-corrected chi connectivity index (χ4v) is 4.39. The van der Waals surface area contributed by atoms with Crippen molar-refractivity contribution in [2.45, 2.75) is 12.1 Å². The number of rotatable bonds is 8. The summed E-state index contributed by atoms with van der Waals surface area (Å²) in [6.45, 7) is 2.44. The van der Waals surface area contributed by atoms with E-state index in [9.17, 15) is 14.0 Å². The van der Waals surface area contributed by atoms with Crippen molar-refractivity contribution in [2.24, 2.45) is 0 Å². The van der Waals surface area contributed by atoms with Crippen LogP contribution in [0.4, 0.5) is 4.39 Å². The molecule has 0 bridgehead atoms. The Morgan fingerprint density at radius 1 is 1.06 bits per heavy atom. The van der Waals surface area contributed by atoms with Gasteiger partial charge in [-0.3, -0.25) is 25.0 Å². The van der Waals surface area contributed by atoms with Gasteiger partial charge in [0.05, 0.1) is 22.9 Å². The van der Waals surface area contributed by atoms with Gasteiger partial charge in [-0.1, -0.05) is 30.0 Å². The fraction of sp³-hybridized carbons (Fsp3) is 0.130. The van der Waals surface area contributed by atoms with E-state index in [1.807, 2.05) is 19.1 Å². The van der Waals surface area contributed by atoms with Crippen molar-refractivity contribution in [3.05, 3.63) is 76.7 Å². The minimum Gasteiger partial charge on any atom is -0.494 e. The number of halogens is 1. The molecule has 174 valence electrons. The van der Waals surface area contributed by atoms with Crippen LogP contribution < -0.4 is 15.6 Å². The van der Waals surface area contributed by atoms with Gasteiger partial charge in [0.15, 0.2) is 11.0 Å².